The zero-order chi connectivity index (χ0) is 16.7. The highest BCUT2D eigenvalue weighted by molar-refractivity contribution is 5.88. The summed E-state index contributed by atoms with van der Waals surface area (Å²) < 4.78 is 2.57. The molecule has 3 aromatic rings. The number of aromatic nitrogens is 2. The standard InChI is InChI=1S/C21H25N3/c1-15-7-6-9-18-19-14-23(3)16(2)13-20(19)24(21(15)18)12-10-17-8-4-5-11-22-17/h4-9,11,16H,10,12-14H2,1-3H3. The van der Waals surface area contributed by atoms with Crippen LogP contribution >= 0.6 is 0 Å². The second-order valence-corrected chi connectivity index (χ2v) is 7.09. The maximum Gasteiger partial charge on any atom is 0.0515 e. The van der Waals surface area contributed by atoms with Crippen molar-refractivity contribution in [3.8, 4) is 0 Å². The van der Waals surface area contributed by atoms with E-state index >= 15 is 0 Å². The lowest BCUT2D eigenvalue weighted by atomic mass is 9.99. The van der Waals surface area contributed by atoms with E-state index in [1.807, 2.05) is 12.3 Å². The molecule has 1 atom stereocenters. The molecule has 0 aliphatic carbocycles. The quantitative estimate of drug-likeness (QED) is 0.728. The zero-order valence-corrected chi connectivity index (χ0v) is 14.8. The molecule has 1 aliphatic rings. The maximum atomic E-state index is 4.50. The van der Waals surface area contributed by atoms with Gasteiger partial charge in [-0.3, -0.25) is 9.88 Å². The van der Waals surface area contributed by atoms with Crippen LogP contribution in [0.25, 0.3) is 10.9 Å². The van der Waals surface area contributed by atoms with Crippen LogP contribution in [0.15, 0.2) is 42.6 Å². The van der Waals surface area contributed by atoms with Crippen molar-refractivity contribution in [2.24, 2.45) is 0 Å². The van der Waals surface area contributed by atoms with Gasteiger partial charge < -0.3 is 4.57 Å². The number of pyridine rings is 1. The molecule has 0 fully saturated rings. The minimum atomic E-state index is 0.593. The monoisotopic (exact) mass is 319 g/mol. The zero-order valence-electron chi connectivity index (χ0n) is 14.8. The molecule has 0 amide bonds. The van der Waals surface area contributed by atoms with Crippen molar-refractivity contribution < 1.29 is 0 Å². The Kier molecular flexibility index (Phi) is 3.89. The number of hydrogen-bond acceptors (Lipinski definition) is 2. The first-order valence-corrected chi connectivity index (χ1v) is 8.85. The summed E-state index contributed by atoms with van der Waals surface area (Å²) in [6.45, 7) is 6.62. The molecule has 1 aliphatic heterocycles. The molecule has 0 saturated heterocycles. The van der Waals surface area contributed by atoms with E-state index < -0.39 is 0 Å². The SMILES string of the molecule is Cc1cccc2c3c(n(CCc4ccccn4)c12)CC(C)N(C)C3. The van der Waals surface area contributed by atoms with Gasteiger partial charge in [0.2, 0.25) is 0 Å². The third-order valence-corrected chi connectivity index (χ3v) is 5.47. The van der Waals surface area contributed by atoms with Crippen molar-refractivity contribution in [1.29, 1.82) is 0 Å². The smallest absolute Gasteiger partial charge is 0.0515 e. The summed E-state index contributed by atoms with van der Waals surface area (Å²) in [5, 5.41) is 1.43. The largest absolute Gasteiger partial charge is 0.344 e. The van der Waals surface area contributed by atoms with Crippen molar-refractivity contribution in [2.45, 2.75) is 45.8 Å². The summed E-state index contributed by atoms with van der Waals surface area (Å²) in [5.74, 6) is 0. The van der Waals surface area contributed by atoms with E-state index in [0.717, 1.165) is 25.9 Å². The van der Waals surface area contributed by atoms with Gasteiger partial charge >= 0.3 is 0 Å². The lowest BCUT2D eigenvalue weighted by molar-refractivity contribution is 0.228. The molecule has 1 aromatic carbocycles. The van der Waals surface area contributed by atoms with Crippen molar-refractivity contribution in [2.75, 3.05) is 7.05 Å². The lowest BCUT2D eigenvalue weighted by Gasteiger charge is -2.31. The van der Waals surface area contributed by atoms with Crippen LogP contribution in [0.5, 0.6) is 0 Å². The number of para-hydroxylation sites is 1. The predicted octanol–water partition coefficient (Wildman–Crippen LogP) is 3.96. The van der Waals surface area contributed by atoms with E-state index in [1.54, 1.807) is 0 Å². The molecule has 3 nitrogen and oxygen atoms in total. The molecule has 0 spiro atoms. The molecule has 0 N–H and O–H groups in total. The summed E-state index contributed by atoms with van der Waals surface area (Å²) in [4.78, 5) is 6.96. The number of rotatable bonds is 3. The van der Waals surface area contributed by atoms with Crippen LogP contribution in [-0.4, -0.2) is 27.5 Å². The minimum absolute atomic E-state index is 0.593. The van der Waals surface area contributed by atoms with Crippen LogP contribution in [0.4, 0.5) is 0 Å². The van der Waals surface area contributed by atoms with E-state index in [1.165, 1.54) is 33.4 Å². The van der Waals surface area contributed by atoms with E-state index in [2.05, 4.69) is 65.7 Å². The van der Waals surface area contributed by atoms with Gasteiger partial charge in [0.1, 0.15) is 0 Å². The van der Waals surface area contributed by atoms with Crippen molar-refractivity contribution >= 4 is 10.9 Å². The fraction of sp³-hybridized carbons (Fsp3) is 0.381. The summed E-state index contributed by atoms with van der Waals surface area (Å²) in [6.07, 6.45) is 4.00. The van der Waals surface area contributed by atoms with E-state index in [9.17, 15) is 0 Å². The Balaban J connectivity index is 1.80. The maximum absolute atomic E-state index is 4.50. The van der Waals surface area contributed by atoms with Gasteiger partial charge in [-0.25, -0.2) is 0 Å². The van der Waals surface area contributed by atoms with Gasteiger partial charge in [0.25, 0.3) is 0 Å². The van der Waals surface area contributed by atoms with Crippen molar-refractivity contribution in [1.82, 2.24) is 14.5 Å². The Morgan fingerprint density at radius 1 is 1.17 bits per heavy atom. The van der Waals surface area contributed by atoms with Crippen LogP contribution in [0.2, 0.25) is 0 Å². The van der Waals surface area contributed by atoms with Crippen LogP contribution < -0.4 is 0 Å². The molecule has 24 heavy (non-hydrogen) atoms. The number of likely N-dealkylation sites (N-methyl/N-ethyl adjacent to an activating group) is 1. The highest BCUT2D eigenvalue weighted by Gasteiger charge is 2.26. The summed E-state index contributed by atoms with van der Waals surface area (Å²) in [7, 11) is 2.24. The first-order valence-electron chi connectivity index (χ1n) is 8.85. The first kappa shape index (κ1) is 15.4. The van der Waals surface area contributed by atoms with Crippen LogP contribution in [-0.2, 0) is 25.9 Å². The summed E-state index contributed by atoms with van der Waals surface area (Å²) in [5.41, 5.74) is 7.01. The molecule has 124 valence electrons. The molecule has 2 aromatic heterocycles. The summed E-state index contributed by atoms with van der Waals surface area (Å²) >= 11 is 0. The Bertz CT molecular complexity index is 864. The number of nitrogens with zero attached hydrogens (tertiary/aromatic N) is 3. The molecule has 0 radical (unpaired) electrons. The normalized spacial score (nSPS) is 18.0. The molecule has 0 saturated carbocycles. The van der Waals surface area contributed by atoms with Gasteiger partial charge in [0, 0.05) is 54.9 Å². The van der Waals surface area contributed by atoms with Gasteiger partial charge in [-0.2, -0.15) is 0 Å². The second kappa shape index (κ2) is 6.06. The van der Waals surface area contributed by atoms with Gasteiger partial charge in [-0.1, -0.05) is 24.3 Å². The van der Waals surface area contributed by atoms with Gasteiger partial charge in [-0.05, 0) is 44.2 Å². The predicted molar refractivity (Wildman–Crippen MR) is 99.2 cm³/mol. The number of fused-ring (bicyclic) bond motifs is 3. The Hall–Kier alpha value is -2.13. The van der Waals surface area contributed by atoms with E-state index in [4.69, 9.17) is 0 Å². The first-order chi connectivity index (χ1) is 11.6. The topological polar surface area (TPSA) is 21.1 Å². The van der Waals surface area contributed by atoms with Crippen LogP contribution in [0.1, 0.15) is 29.4 Å². The average molecular weight is 319 g/mol. The van der Waals surface area contributed by atoms with Crippen molar-refractivity contribution in [3.05, 3.63) is 65.1 Å². The Morgan fingerprint density at radius 3 is 2.83 bits per heavy atom. The molecular weight excluding hydrogens is 294 g/mol. The van der Waals surface area contributed by atoms with Gasteiger partial charge in [0.05, 0.1) is 5.52 Å². The highest BCUT2D eigenvalue weighted by atomic mass is 15.1. The highest BCUT2D eigenvalue weighted by Crippen LogP contribution is 2.34. The number of aryl methyl sites for hydroxylation is 3. The number of hydrogen-bond donors (Lipinski definition) is 0. The van der Waals surface area contributed by atoms with Crippen LogP contribution in [0.3, 0.4) is 0 Å². The fourth-order valence-corrected chi connectivity index (χ4v) is 3.98. The Morgan fingerprint density at radius 2 is 2.04 bits per heavy atom. The van der Waals surface area contributed by atoms with E-state index in [-0.39, 0.29) is 0 Å². The molecule has 1 unspecified atom stereocenters. The molecule has 3 heterocycles. The summed E-state index contributed by atoms with van der Waals surface area (Å²) in [6, 6.07) is 13.5. The lowest BCUT2D eigenvalue weighted by Crippen LogP contribution is -2.35. The Labute approximate surface area is 143 Å². The molecular formula is C21H25N3. The average Bonchev–Trinajstić information content (AvgIpc) is 2.89. The second-order valence-electron chi connectivity index (χ2n) is 7.09. The molecule has 3 heteroatoms. The van der Waals surface area contributed by atoms with Gasteiger partial charge in [0.15, 0.2) is 0 Å². The number of benzene rings is 1. The van der Waals surface area contributed by atoms with Crippen molar-refractivity contribution in [3.63, 3.8) is 0 Å². The molecule has 4 rings (SSSR count). The fourth-order valence-electron chi connectivity index (χ4n) is 3.98. The third-order valence-electron chi connectivity index (χ3n) is 5.47. The minimum Gasteiger partial charge on any atom is -0.344 e. The van der Waals surface area contributed by atoms with Crippen LogP contribution in [0, 0.1) is 6.92 Å². The van der Waals surface area contributed by atoms with E-state index in [0.29, 0.717) is 6.04 Å². The third kappa shape index (κ3) is 2.53. The molecule has 0 bridgehead atoms. The van der Waals surface area contributed by atoms with Gasteiger partial charge in [-0.15, -0.1) is 0 Å².